The van der Waals surface area contributed by atoms with E-state index in [9.17, 15) is 4.79 Å². The highest BCUT2D eigenvalue weighted by molar-refractivity contribution is 7.80. The van der Waals surface area contributed by atoms with Crippen LogP contribution in [-0.2, 0) is 11.2 Å². The van der Waals surface area contributed by atoms with Crippen LogP contribution in [0.5, 0.6) is 5.88 Å². The number of benzene rings is 1. The average molecular weight is 274 g/mol. The summed E-state index contributed by atoms with van der Waals surface area (Å²) >= 11 is 4.16. The molecule has 1 unspecified atom stereocenters. The van der Waals surface area contributed by atoms with Crippen LogP contribution in [0.2, 0.25) is 0 Å². The van der Waals surface area contributed by atoms with Crippen molar-refractivity contribution < 1.29 is 9.53 Å². The Morgan fingerprint density at radius 1 is 1.26 bits per heavy atom. The van der Waals surface area contributed by atoms with Gasteiger partial charge in [-0.15, -0.1) is 12.6 Å². The summed E-state index contributed by atoms with van der Waals surface area (Å²) in [6, 6.07) is 12.2. The average Bonchev–Trinajstić information content (AvgIpc) is 2.42. The van der Waals surface area contributed by atoms with Gasteiger partial charge in [0.1, 0.15) is 6.04 Å². The van der Waals surface area contributed by atoms with Gasteiger partial charge in [0, 0.05) is 6.20 Å². The van der Waals surface area contributed by atoms with Crippen molar-refractivity contribution in [3.63, 3.8) is 0 Å². The van der Waals surface area contributed by atoms with Crippen LogP contribution < -0.4 is 10.5 Å². The number of ether oxygens (including phenoxy) is 1. The monoisotopic (exact) mass is 274 g/mol. The maximum absolute atomic E-state index is 11.8. The molecule has 0 amide bonds. The second-order valence-corrected chi connectivity index (χ2v) is 4.53. The van der Waals surface area contributed by atoms with Crippen molar-refractivity contribution >= 4 is 18.6 Å². The van der Waals surface area contributed by atoms with Crippen molar-refractivity contribution in [3.05, 3.63) is 54.2 Å². The minimum atomic E-state index is -0.725. The molecule has 4 nitrogen and oxygen atoms in total. The molecule has 19 heavy (non-hydrogen) atoms. The molecule has 0 bridgehead atoms. The molecule has 2 aromatic rings. The molecule has 0 aliphatic heterocycles. The lowest BCUT2D eigenvalue weighted by atomic mass is 10.1. The summed E-state index contributed by atoms with van der Waals surface area (Å²) in [7, 11) is 0. The second kappa shape index (κ2) is 6.36. The molecule has 0 radical (unpaired) electrons. The Kier molecular flexibility index (Phi) is 4.54. The number of aromatic nitrogens is 1. The van der Waals surface area contributed by atoms with Crippen LogP contribution in [0.3, 0.4) is 0 Å². The number of rotatable bonds is 4. The molecule has 0 aliphatic rings. The fourth-order valence-electron chi connectivity index (χ4n) is 1.58. The summed E-state index contributed by atoms with van der Waals surface area (Å²) in [5.41, 5.74) is 6.81. The number of nitrogens with zero attached hydrogens (tertiary/aromatic N) is 1. The van der Waals surface area contributed by atoms with E-state index in [1.165, 1.54) is 6.20 Å². The lowest BCUT2D eigenvalue weighted by Crippen LogP contribution is -2.36. The molecule has 0 saturated carbocycles. The van der Waals surface area contributed by atoms with E-state index in [2.05, 4.69) is 17.6 Å². The highest BCUT2D eigenvalue weighted by atomic mass is 32.1. The Labute approximate surface area is 117 Å². The van der Waals surface area contributed by atoms with Crippen LogP contribution in [-0.4, -0.2) is 17.0 Å². The minimum absolute atomic E-state index is 0.180. The van der Waals surface area contributed by atoms with Crippen molar-refractivity contribution in [2.45, 2.75) is 17.4 Å². The first-order chi connectivity index (χ1) is 9.16. The number of carbonyl (C=O) groups excluding carboxylic acids is 1. The fourth-order valence-corrected chi connectivity index (χ4v) is 1.77. The summed E-state index contributed by atoms with van der Waals surface area (Å²) < 4.78 is 5.13. The van der Waals surface area contributed by atoms with Gasteiger partial charge in [-0.05, 0) is 24.1 Å². The zero-order valence-corrected chi connectivity index (χ0v) is 11.1. The predicted molar refractivity (Wildman–Crippen MR) is 75.2 cm³/mol. The molecule has 1 aromatic heterocycles. The molecule has 1 heterocycles. The summed E-state index contributed by atoms with van der Waals surface area (Å²) in [4.78, 5) is 16.3. The van der Waals surface area contributed by atoms with Crippen LogP contribution in [0, 0.1) is 0 Å². The molecular formula is C14H14N2O2S. The van der Waals surface area contributed by atoms with E-state index < -0.39 is 12.0 Å². The van der Waals surface area contributed by atoms with E-state index in [-0.39, 0.29) is 5.88 Å². The van der Waals surface area contributed by atoms with E-state index in [0.717, 1.165) is 5.56 Å². The van der Waals surface area contributed by atoms with Crippen molar-refractivity contribution in [1.82, 2.24) is 4.98 Å². The molecule has 0 spiro atoms. The summed E-state index contributed by atoms with van der Waals surface area (Å²) in [6.07, 6.45) is 1.96. The first-order valence-electron chi connectivity index (χ1n) is 5.82. The van der Waals surface area contributed by atoms with Crippen LogP contribution >= 0.6 is 12.6 Å². The standard InChI is InChI=1S/C14H14N2O2S/c15-11(9-10-5-2-1-3-6-10)14(17)18-13-12(19)7-4-8-16-13/h1-8,11,19H,9,15H2. The SMILES string of the molecule is NC(Cc1ccccc1)C(=O)Oc1ncccc1S. The Morgan fingerprint density at radius 3 is 2.68 bits per heavy atom. The molecule has 0 saturated heterocycles. The predicted octanol–water partition coefficient (Wildman–Crippen LogP) is 1.85. The van der Waals surface area contributed by atoms with Crippen molar-refractivity contribution in [3.8, 4) is 5.88 Å². The largest absolute Gasteiger partial charge is 0.405 e. The smallest absolute Gasteiger partial charge is 0.330 e. The van der Waals surface area contributed by atoms with Gasteiger partial charge in [0.25, 0.3) is 0 Å². The maximum Gasteiger partial charge on any atom is 0.330 e. The number of hydrogen-bond donors (Lipinski definition) is 2. The number of nitrogens with two attached hydrogens (primary N) is 1. The van der Waals surface area contributed by atoms with Crippen molar-refractivity contribution in [2.24, 2.45) is 5.73 Å². The third kappa shape index (κ3) is 3.81. The third-order valence-corrected chi connectivity index (χ3v) is 2.89. The second-order valence-electron chi connectivity index (χ2n) is 4.04. The molecule has 98 valence electrons. The maximum atomic E-state index is 11.8. The summed E-state index contributed by atoms with van der Waals surface area (Å²) in [5.74, 6) is -0.336. The Balaban J connectivity index is 1.99. The zero-order chi connectivity index (χ0) is 13.7. The van der Waals surface area contributed by atoms with E-state index in [0.29, 0.717) is 11.3 Å². The van der Waals surface area contributed by atoms with Gasteiger partial charge in [0.2, 0.25) is 5.88 Å². The van der Waals surface area contributed by atoms with Gasteiger partial charge >= 0.3 is 5.97 Å². The number of hydrogen-bond acceptors (Lipinski definition) is 5. The van der Waals surface area contributed by atoms with E-state index >= 15 is 0 Å². The van der Waals surface area contributed by atoms with Crippen molar-refractivity contribution in [2.75, 3.05) is 0 Å². The fraction of sp³-hybridized carbons (Fsp3) is 0.143. The topological polar surface area (TPSA) is 65.2 Å². The number of thiol groups is 1. The van der Waals surface area contributed by atoms with Gasteiger partial charge in [0.05, 0.1) is 4.90 Å². The van der Waals surface area contributed by atoms with E-state index in [1.807, 2.05) is 30.3 Å². The summed E-state index contributed by atoms with van der Waals surface area (Å²) in [5, 5.41) is 0. The third-order valence-electron chi connectivity index (χ3n) is 2.55. The number of carbonyl (C=O) groups is 1. The van der Waals surface area contributed by atoms with Gasteiger partial charge in [0.15, 0.2) is 0 Å². The van der Waals surface area contributed by atoms with Gasteiger partial charge in [-0.25, -0.2) is 9.78 Å². The van der Waals surface area contributed by atoms with Gasteiger partial charge in [-0.3, -0.25) is 0 Å². The van der Waals surface area contributed by atoms with Crippen LogP contribution in [0.15, 0.2) is 53.6 Å². The molecule has 0 fully saturated rings. The molecular weight excluding hydrogens is 260 g/mol. The lowest BCUT2D eigenvalue weighted by molar-refractivity contribution is -0.136. The van der Waals surface area contributed by atoms with Crippen LogP contribution in [0.25, 0.3) is 0 Å². The van der Waals surface area contributed by atoms with E-state index in [1.54, 1.807) is 12.1 Å². The van der Waals surface area contributed by atoms with Crippen molar-refractivity contribution in [1.29, 1.82) is 0 Å². The number of pyridine rings is 1. The van der Waals surface area contributed by atoms with Gasteiger partial charge in [-0.1, -0.05) is 30.3 Å². The summed E-state index contributed by atoms with van der Waals surface area (Å²) in [6.45, 7) is 0. The molecule has 2 N–H and O–H groups in total. The first kappa shape index (κ1) is 13.6. The minimum Gasteiger partial charge on any atom is -0.405 e. The molecule has 1 atom stereocenters. The quantitative estimate of drug-likeness (QED) is 0.659. The van der Waals surface area contributed by atoms with E-state index in [4.69, 9.17) is 10.5 Å². The van der Waals surface area contributed by atoms with Gasteiger partial charge in [-0.2, -0.15) is 0 Å². The Morgan fingerprint density at radius 2 is 2.00 bits per heavy atom. The first-order valence-corrected chi connectivity index (χ1v) is 6.26. The number of esters is 1. The highest BCUT2D eigenvalue weighted by Gasteiger charge is 2.18. The molecule has 5 heteroatoms. The van der Waals surface area contributed by atoms with Crippen LogP contribution in [0.1, 0.15) is 5.56 Å². The normalized spacial score (nSPS) is 11.9. The Bertz CT molecular complexity index is 560. The molecule has 2 rings (SSSR count). The Hall–Kier alpha value is -1.85. The zero-order valence-electron chi connectivity index (χ0n) is 10.2. The molecule has 0 aliphatic carbocycles. The van der Waals surface area contributed by atoms with Gasteiger partial charge < -0.3 is 10.5 Å². The lowest BCUT2D eigenvalue weighted by Gasteiger charge is -2.11. The molecule has 1 aromatic carbocycles. The highest BCUT2D eigenvalue weighted by Crippen LogP contribution is 2.18. The van der Waals surface area contributed by atoms with Crippen LogP contribution in [0.4, 0.5) is 0 Å².